The Kier molecular flexibility index (Phi) is 26.2. The molecular weight excluding hydrogens is 1370 g/mol. The van der Waals surface area contributed by atoms with Crippen LogP contribution in [0.3, 0.4) is 0 Å². The first-order valence-corrected chi connectivity index (χ1v) is 40.0. The van der Waals surface area contributed by atoms with Gasteiger partial charge >= 0.3 is 11.3 Å². The summed E-state index contributed by atoms with van der Waals surface area (Å²) < 4.78 is 11.1. The molecule has 0 saturated carbocycles. The third kappa shape index (κ3) is 18.4. The minimum Gasteiger partial charge on any atom is -0.244 e. The highest BCUT2D eigenvalue weighted by Crippen LogP contribution is 2.32. The first-order valence-electron chi connectivity index (χ1n) is 40.0. The van der Waals surface area contributed by atoms with Crippen LogP contribution in [0.4, 0.5) is 0 Å². The van der Waals surface area contributed by atoms with Crippen LogP contribution in [0.1, 0.15) is 159 Å². The molecule has 572 valence electrons. The smallest absolute Gasteiger partial charge is 0.244 e. The van der Waals surface area contributed by atoms with E-state index in [4.69, 9.17) is 24.9 Å². The molecule has 7 heterocycles. The van der Waals surface area contributed by atoms with Crippen LogP contribution in [0.2, 0.25) is 0 Å². The molecule has 12 heteroatoms. The fourth-order valence-corrected chi connectivity index (χ4v) is 15.2. The molecule has 0 atom stereocenters. The van der Waals surface area contributed by atoms with Crippen LogP contribution >= 0.6 is 0 Å². The van der Waals surface area contributed by atoms with Gasteiger partial charge in [0.1, 0.15) is 56.3 Å². The third-order valence-corrected chi connectivity index (χ3v) is 21.7. The van der Waals surface area contributed by atoms with Crippen molar-refractivity contribution in [1.29, 1.82) is 0 Å². The van der Waals surface area contributed by atoms with Crippen LogP contribution in [-0.2, 0) is 54.5 Å². The lowest BCUT2D eigenvalue weighted by Crippen LogP contribution is -2.34. The van der Waals surface area contributed by atoms with E-state index in [9.17, 15) is 0 Å². The molecule has 8 aromatic carbocycles. The summed E-state index contributed by atoms with van der Waals surface area (Å²) in [6, 6.07) is 62.0. The predicted molar refractivity (Wildman–Crippen MR) is 464 cm³/mol. The van der Waals surface area contributed by atoms with Crippen molar-refractivity contribution in [3.63, 3.8) is 0 Å². The average Bonchev–Trinajstić information content (AvgIpc) is 0.797. The Morgan fingerprint density at radius 1 is 0.295 bits per heavy atom. The van der Waals surface area contributed by atoms with Crippen LogP contribution in [0.25, 0.3) is 112 Å². The van der Waals surface area contributed by atoms with E-state index in [1.165, 1.54) is 123 Å². The molecule has 0 N–H and O–H groups in total. The summed E-state index contributed by atoms with van der Waals surface area (Å²) in [5, 5.41) is 0. The molecule has 0 unspecified atom stereocenters. The van der Waals surface area contributed by atoms with Crippen molar-refractivity contribution in [2.45, 2.75) is 163 Å². The van der Waals surface area contributed by atoms with Crippen LogP contribution in [0.5, 0.6) is 0 Å². The van der Waals surface area contributed by atoms with E-state index >= 15 is 0 Å². The number of aromatic nitrogens is 12. The fourth-order valence-electron chi connectivity index (χ4n) is 15.2. The Labute approximate surface area is 666 Å². The van der Waals surface area contributed by atoms with Gasteiger partial charge in [-0.2, -0.15) is 13.7 Å². The van der Waals surface area contributed by atoms with E-state index in [0.29, 0.717) is 29.6 Å². The second-order valence-corrected chi connectivity index (χ2v) is 32.6. The molecule has 0 saturated heterocycles. The molecule has 0 amide bonds. The molecule has 0 fully saturated rings. The Hall–Kier alpha value is -11.2. The first-order chi connectivity index (χ1) is 53.5. The molecule has 12 nitrogen and oxygen atoms in total. The van der Waals surface area contributed by atoms with Crippen molar-refractivity contribution < 1.29 is 22.8 Å². The van der Waals surface area contributed by atoms with Gasteiger partial charge < -0.3 is 0 Å². The van der Waals surface area contributed by atoms with E-state index in [1.807, 2.05) is 31.0 Å². The lowest BCUT2D eigenvalue weighted by atomic mass is 9.97. The van der Waals surface area contributed by atoms with Gasteiger partial charge in [0.15, 0.2) is 33.8 Å². The van der Waals surface area contributed by atoms with Crippen LogP contribution < -0.4 is 22.8 Å². The molecule has 0 aliphatic rings. The van der Waals surface area contributed by atoms with Gasteiger partial charge in [0, 0.05) is 41.7 Å². The van der Waals surface area contributed by atoms with Crippen molar-refractivity contribution in [3.8, 4) is 56.3 Å². The van der Waals surface area contributed by atoms with Gasteiger partial charge in [-0.3, -0.25) is 0 Å². The van der Waals surface area contributed by atoms with Crippen molar-refractivity contribution in [2.75, 3.05) is 0 Å². The van der Waals surface area contributed by atoms with Crippen molar-refractivity contribution >= 4 is 55.4 Å². The summed E-state index contributed by atoms with van der Waals surface area (Å²) in [4.78, 5) is 33.3. The van der Waals surface area contributed by atoms with Crippen molar-refractivity contribution in [2.24, 2.45) is 53.0 Å². The Morgan fingerprint density at radius 2 is 0.652 bits per heavy atom. The maximum Gasteiger partial charge on any atom is 0.349 e. The Bertz CT molecular complexity index is 5870. The van der Waals surface area contributed by atoms with Crippen LogP contribution in [0, 0.1) is 80.1 Å². The van der Waals surface area contributed by atoms with E-state index in [1.54, 1.807) is 0 Å². The molecule has 0 aliphatic heterocycles. The minimum absolute atomic E-state index is 0.413. The molecule has 15 rings (SSSR count). The second kappa shape index (κ2) is 35.8. The summed E-state index contributed by atoms with van der Waals surface area (Å²) in [5.74, 6) is 2.75. The van der Waals surface area contributed by atoms with E-state index < -0.39 is 0 Å². The standard InChI is InChI=1S/C22H27N2.C21H25N2.C20H23N2.C19H22N3.C18H20N3/c1-14(2)10-18-8-7-9-20-22(18)23-13-21(24(20)6)19-12-15(3)11-16(4)17(19)5;1-13(2)17-8-7-9-19-21(17)22-12-20(23(19)6)18-11-14(3)10-15(4)16(18)5;1-14(2)12-16-9-7-11-18-20(16)21-13-19(22(18)4)17-10-6-5-8-15(17)3;1-13(2)11-15-9-10-17-19(21-15)22(4)18(12-20-17)16-8-6-5-7-14(16)3;1-12(2)15-9-10-16-18(20-15)21(4)17(11-19-16)14-8-6-5-7-13(14)3/h7-9,11-14H,10H2,1-6H3;7-13H,1-6H3;5-11,13-14H,12H2,1-4H3;5-10,12-13H,11H2,1-4H3;5-12H,1-4H3/q5*+1. The van der Waals surface area contributed by atoms with Gasteiger partial charge in [-0.05, 0) is 207 Å². The Balaban J connectivity index is 0.000000139. The molecule has 15 aromatic rings. The van der Waals surface area contributed by atoms with Crippen LogP contribution in [0.15, 0.2) is 207 Å². The number of rotatable bonds is 13. The SMILES string of the molecule is Cc1cc(C)c(C)c(-c2cnc3c(C(C)C)cccc3[n+]2C)c1.Cc1cc(C)c(C)c(-c2cnc3c(CC(C)C)cccc3[n+]2C)c1.Cc1ccccc1-c1cnc2c(CC(C)C)cccc2[n+]1C.Cc1ccccc1-c1cnc2ccc(C(C)C)nc2[n+]1C.Cc1ccccc1-c1cnc2ccc(CC(C)C)nc2[n+]1C. The highest BCUT2D eigenvalue weighted by Gasteiger charge is 2.26. The third-order valence-electron chi connectivity index (χ3n) is 21.7. The second-order valence-electron chi connectivity index (χ2n) is 32.6. The number of pyridine rings is 2. The molecule has 0 radical (unpaired) electrons. The Morgan fingerprint density at radius 3 is 1.05 bits per heavy atom. The number of hydrogen-bond donors (Lipinski definition) is 0. The van der Waals surface area contributed by atoms with Crippen molar-refractivity contribution in [1.82, 2.24) is 34.9 Å². The van der Waals surface area contributed by atoms with Gasteiger partial charge in [0.25, 0.3) is 0 Å². The molecule has 7 aromatic heterocycles. The number of aryl methyl sites for hydroxylation is 12. The van der Waals surface area contributed by atoms with Crippen LogP contribution in [-0.4, -0.2) is 34.9 Å². The number of nitrogens with zero attached hydrogens (tertiary/aromatic N) is 12. The monoisotopic (exact) mass is 1490 g/mol. The first kappa shape index (κ1) is 81.7. The van der Waals surface area contributed by atoms with Gasteiger partial charge in [0.2, 0.25) is 33.6 Å². The maximum atomic E-state index is 4.85. The number of fused-ring (bicyclic) bond motifs is 5. The largest absolute Gasteiger partial charge is 0.349 e. The topological polar surface area (TPSA) is 110 Å². The average molecular weight is 1490 g/mol. The molecule has 0 bridgehead atoms. The summed E-state index contributed by atoms with van der Waals surface area (Å²) in [7, 11) is 10.5. The van der Waals surface area contributed by atoms with Crippen molar-refractivity contribution in [3.05, 3.63) is 285 Å². The summed E-state index contributed by atoms with van der Waals surface area (Å²) in [6.45, 7) is 41.7. The quantitative estimate of drug-likeness (QED) is 0.106. The summed E-state index contributed by atoms with van der Waals surface area (Å²) >= 11 is 0. The molecular formula is C100H117N12+5. The number of benzene rings is 8. The predicted octanol–water partition coefficient (Wildman–Crippen LogP) is 21.0. The highest BCUT2D eigenvalue weighted by atomic mass is 15.1. The van der Waals surface area contributed by atoms with Gasteiger partial charge in [-0.25, -0.2) is 34.1 Å². The van der Waals surface area contributed by atoms with E-state index in [2.05, 4.69) is 376 Å². The maximum absolute atomic E-state index is 4.85. The number of para-hydroxylation sites is 3. The summed E-state index contributed by atoms with van der Waals surface area (Å²) in [6.07, 6.45) is 13.1. The molecule has 0 aliphatic carbocycles. The number of hydrogen-bond acceptors (Lipinski definition) is 7. The van der Waals surface area contributed by atoms with E-state index in [0.717, 1.165) is 86.6 Å². The van der Waals surface area contributed by atoms with Gasteiger partial charge in [-0.15, -0.1) is 0 Å². The lowest BCUT2D eigenvalue weighted by molar-refractivity contribution is -0.636. The zero-order valence-corrected chi connectivity index (χ0v) is 71.0. The van der Waals surface area contributed by atoms with E-state index in [-0.39, 0.29) is 0 Å². The zero-order valence-electron chi connectivity index (χ0n) is 71.0. The minimum atomic E-state index is 0.413. The zero-order chi connectivity index (χ0) is 80.5. The van der Waals surface area contributed by atoms with Gasteiger partial charge in [-0.1, -0.05) is 196 Å². The molecule has 0 spiro atoms. The lowest BCUT2D eigenvalue weighted by Gasteiger charge is -2.12. The van der Waals surface area contributed by atoms with Gasteiger partial charge in [0.05, 0.1) is 43.2 Å². The highest BCUT2D eigenvalue weighted by molar-refractivity contribution is 5.80. The summed E-state index contributed by atoms with van der Waals surface area (Å²) in [5.41, 5.74) is 40.4. The fraction of sp³-hybridized carbons (Fsp3) is 0.320. The molecule has 112 heavy (non-hydrogen) atoms. The normalized spacial score (nSPS) is 11.4.